The van der Waals surface area contributed by atoms with Crippen molar-refractivity contribution in [2.75, 3.05) is 13.7 Å². The molecule has 0 fully saturated rings. The molecule has 0 spiro atoms. The van der Waals surface area contributed by atoms with Crippen LogP contribution in [0.4, 0.5) is 0 Å². The smallest absolute Gasteiger partial charge is 0.343 e. The Morgan fingerprint density at radius 1 is 1.44 bits per heavy atom. The van der Waals surface area contributed by atoms with Crippen LogP contribution in [0.2, 0.25) is 0 Å². The zero-order chi connectivity index (χ0) is 13.0. The van der Waals surface area contributed by atoms with Crippen LogP contribution in [0.5, 0.6) is 5.75 Å². The molecule has 0 saturated heterocycles. The number of hydrogen-bond donors (Lipinski definition) is 0. The summed E-state index contributed by atoms with van der Waals surface area (Å²) in [6.07, 6.45) is 1.35. The number of nitrogens with zero attached hydrogens (tertiary/aromatic N) is 1. The van der Waals surface area contributed by atoms with Gasteiger partial charge in [0, 0.05) is 5.56 Å². The Morgan fingerprint density at radius 2 is 2.28 bits per heavy atom. The molecule has 0 aliphatic carbocycles. The summed E-state index contributed by atoms with van der Waals surface area (Å²) < 4.78 is 15.2. The lowest BCUT2D eigenvalue weighted by molar-refractivity contribution is 0.0526. The van der Waals surface area contributed by atoms with E-state index in [9.17, 15) is 4.79 Å². The Kier molecular flexibility index (Phi) is 3.62. The van der Waals surface area contributed by atoms with Crippen LogP contribution in [0, 0.1) is 0 Å². The van der Waals surface area contributed by atoms with E-state index in [0.717, 1.165) is 5.56 Å². The molecule has 0 aliphatic rings. The van der Waals surface area contributed by atoms with Gasteiger partial charge in [0.1, 0.15) is 11.3 Å². The van der Waals surface area contributed by atoms with E-state index in [1.54, 1.807) is 20.1 Å². The summed E-state index contributed by atoms with van der Waals surface area (Å²) in [5, 5.41) is 3.64. The minimum absolute atomic E-state index is 0.307. The fraction of sp³-hybridized carbons (Fsp3) is 0.231. The van der Waals surface area contributed by atoms with E-state index in [4.69, 9.17) is 14.0 Å². The van der Waals surface area contributed by atoms with Gasteiger partial charge in [-0.15, -0.1) is 0 Å². The quantitative estimate of drug-likeness (QED) is 0.777. The van der Waals surface area contributed by atoms with Gasteiger partial charge in [-0.1, -0.05) is 17.3 Å². The highest BCUT2D eigenvalue weighted by atomic mass is 16.5. The fourth-order valence-corrected chi connectivity index (χ4v) is 1.57. The first-order valence-corrected chi connectivity index (χ1v) is 5.52. The van der Waals surface area contributed by atoms with Gasteiger partial charge in [0.05, 0.1) is 19.9 Å². The lowest BCUT2D eigenvalue weighted by Crippen LogP contribution is -2.04. The molecular formula is C13H13NO4. The minimum Gasteiger partial charge on any atom is -0.497 e. The summed E-state index contributed by atoms with van der Waals surface area (Å²) in [5.74, 6) is 0.614. The van der Waals surface area contributed by atoms with E-state index >= 15 is 0 Å². The van der Waals surface area contributed by atoms with Crippen molar-refractivity contribution >= 4 is 5.97 Å². The van der Waals surface area contributed by atoms with Crippen molar-refractivity contribution in [2.24, 2.45) is 0 Å². The number of ether oxygens (including phenoxy) is 2. The third-order valence-electron chi connectivity index (χ3n) is 2.40. The molecule has 0 bridgehead atoms. The standard InChI is InChI=1S/C13H13NO4/c1-3-17-13(15)11-8-14-18-12(11)9-5-4-6-10(7-9)16-2/h4-8H,3H2,1-2H3. The second-order valence-corrected chi connectivity index (χ2v) is 3.52. The number of aromatic nitrogens is 1. The topological polar surface area (TPSA) is 61.6 Å². The number of hydrogen-bond acceptors (Lipinski definition) is 5. The van der Waals surface area contributed by atoms with Crippen molar-refractivity contribution in [3.05, 3.63) is 36.0 Å². The Labute approximate surface area is 104 Å². The molecule has 0 amide bonds. The Hall–Kier alpha value is -2.30. The molecule has 0 N–H and O–H groups in total. The van der Waals surface area contributed by atoms with Crippen molar-refractivity contribution in [1.29, 1.82) is 0 Å². The average molecular weight is 247 g/mol. The summed E-state index contributed by atoms with van der Waals surface area (Å²) in [6, 6.07) is 7.20. The van der Waals surface area contributed by atoms with E-state index in [2.05, 4.69) is 5.16 Å². The highest BCUT2D eigenvalue weighted by molar-refractivity contribution is 5.95. The van der Waals surface area contributed by atoms with Crippen molar-refractivity contribution in [3.8, 4) is 17.1 Å². The SMILES string of the molecule is CCOC(=O)c1cnoc1-c1cccc(OC)c1. The summed E-state index contributed by atoms with van der Waals surface area (Å²) in [5.41, 5.74) is 1.03. The fourth-order valence-electron chi connectivity index (χ4n) is 1.57. The van der Waals surface area contributed by atoms with Gasteiger partial charge in [-0.3, -0.25) is 0 Å². The second-order valence-electron chi connectivity index (χ2n) is 3.52. The molecule has 1 heterocycles. The summed E-state index contributed by atoms with van der Waals surface area (Å²) in [4.78, 5) is 11.7. The maximum absolute atomic E-state index is 11.7. The largest absolute Gasteiger partial charge is 0.497 e. The predicted molar refractivity (Wildman–Crippen MR) is 64.4 cm³/mol. The molecule has 5 nitrogen and oxygen atoms in total. The monoisotopic (exact) mass is 247 g/mol. The molecule has 18 heavy (non-hydrogen) atoms. The van der Waals surface area contributed by atoms with E-state index in [0.29, 0.717) is 23.7 Å². The van der Waals surface area contributed by atoms with Crippen LogP contribution >= 0.6 is 0 Å². The first-order valence-electron chi connectivity index (χ1n) is 5.52. The number of esters is 1. The number of carbonyl (C=O) groups is 1. The van der Waals surface area contributed by atoms with E-state index in [1.807, 2.05) is 18.2 Å². The third kappa shape index (κ3) is 2.34. The molecule has 0 unspecified atom stereocenters. The van der Waals surface area contributed by atoms with Gasteiger partial charge in [0.2, 0.25) is 0 Å². The van der Waals surface area contributed by atoms with Crippen molar-refractivity contribution in [3.63, 3.8) is 0 Å². The van der Waals surface area contributed by atoms with E-state index < -0.39 is 5.97 Å². The number of methoxy groups -OCH3 is 1. The van der Waals surface area contributed by atoms with Crippen molar-refractivity contribution in [1.82, 2.24) is 5.16 Å². The first-order chi connectivity index (χ1) is 8.76. The molecule has 0 aliphatic heterocycles. The van der Waals surface area contributed by atoms with Crippen LogP contribution < -0.4 is 4.74 Å². The molecule has 0 radical (unpaired) electrons. The molecule has 2 aromatic rings. The molecule has 1 aromatic carbocycles. The van der Waals surface area contributed by atoms with Crippen LogP contribution in [-0.4, -0.2) is 24.8 Å². The van der Waals surface area contributed by atoms with Crippen molar-refractivity contribution < 1.29 is 18.8 Å². The third-order valence-corrected chi connectivity index (χ3v) is 2.40. The molecular weight excluding hydrogens is 234 g/mol. The molecule has 5 heteroatoms. The van der Waals surface area contributed by atoms with Gasteiger partial charge in [0.15, 0.2) is 5.76 Å². The van der Waals surface area contributed by atoms with Gasteiger partial charge in [0.25, 0.3) is 0 Å². The van der Waals surface area contributed by atoms with Crippen LogP contribution in [0.15, 0.2) is 35.0 Å². The van der Waals surface area contributed by atoms with Crippen LogP contribution in [-0.2, 0) is 4.74 Å². The van der Waals surface area contributed by atoms with Crippen LogP contribution in [0.3, 0.4) is 0 Å². The Morgan fingerprint density at radius 3 is 3.00 bits per heavy atom. The molecule has 0 saturated carbocycles. The lowest BCUT2D eigenvalue weighted by atomic mass is 10.1. The Bertz CT molecular complexity index is 547. The molecule has 2 rings (SSSR count). The number of carbonyl (C=O) groups excluding carboxylic acids is 1. The van der Waals surface area contributed by atoms with Gasteiger partial charge in [-0.05, 0) is 19.1 Å². The lowest BCUT2D eigenvalue weighted by Gasteiger charge is -2.03. The molecule has 0 atom stereocenters. The predicted octanol–water partition coefficient (Wildman–Crippen LogP) is 2.53. The summed E-state index contributed by atoms with van der Waals surface area (Å²) >= 11 is 0. The zero-order valence-electron chi connectivity index (χ0n) is 10.2. The normalized spacial score (nSPS) is 10.1. The van der Waals surface area contributed by atoms with Gasteiger partial charge in [-0.2, -0.15) is 0 Å². The summed E-state index contributed by atoms with van der Waals surface area (Å²) in [6.45, 7) is 2.05. The highest BCUT2D eigenvalue weighted by Gasteiger charge is 2.19. The van der Waals surface area contributed by atoms with Crippen molar-refractivity contribution in [2.45, 2.75) is 6.92 Å². The number of benzene rings is 1. The van der Waals surface area contributed by atoms with Crippen LogP contribution in [0.25, 0.3) is 11.3 Å². The minimum atomic E-state index is -0.448. The van der Waals surface area contributed by atoms with Gasteiger partial charge >= 0.3 is 5.97 Å². The number of rotatable bonds is 4. The van der Waals surface area contributed by atoms with E-state index in [1.165, 1.54) is 6.20 Å². The van der Waals surface area contributed by atoms with Gasteiger partial charge in [-0.25, -0.2) is 4.79 Å². The molecule has 94 valence electrons. The maximum atomic E-state index is 11.7. The first kappa shape index (κ1) is 12.2. The Balaban J connectivity index is 2.38. The highest BCUT2D eigenvalue weighted by Crippen LogP contribution is 2.27. The molecule has 1 aromatic heterocycles. The second kappa shape index (κ2) is 5.35. The summed E-state index contributed by atoms with van der Waals surface area (Å²) in [7, 11) is 1.58. The average Bonchev–Trinajstić information content (AvgIpc) is 2.88. The maximum Gasteiger partial charge on any atom is 0.343 e. The van der Waals surface area contributed by atoms with Gasteiger partial charge < -0.3 is 14.0 Å². The van der Waals surface area contributed by atoms with E-state index in [-0.39, 0.29) is 0 Å². The van der Waals surface area contributed by atoms with Crippen LogP contribution in [0.1, 0.15) is 17.3 Å². The zero-order valence-corrected chi connectivity index (χ0v) is 10.2.